The normalized spacial score (nSPS) is 17.6. The Kier molecular flexibility index (Phi) is 8.51. The zero-order valence-electron chi connectivity index (χ0n) is 37.1. The van der Waals surface area contributed by atoms with Crippen molar-refractivity contribution in [3.63, 3.8) is 0 Å². The van der Waals surface area contributed by atoms with Crippen LogP contribution >= 0.6 is 0 Å². The molecule has 1 nitrogen and oxygen atoms in total. The molecule has 294 valence electrons. The molecule has 9 rings (SSSR count). The molecule has 2 aliphatic heterocycles. The highest BCUT2D eigenvalue weighted by Crippen LogP contribution is 2.58. The first kappa shape index (κ1) is 38.3. The third-order valence-corrected chi connectivity index (χ3v) is 14.3. The van der Waals surface area contributed by atoms with E-state index in [0.29, 0.717) is 5.41 Å². The lowest BCUT2D eigenvalue weighted by atomic mass is 9.62. The van der Waals surface area contributed by atoms with Crippen LogP contribution in [0.5, 0.6) is 0 Å². The Morgan fingerprint density at radius 3 is 1.11 bits per heavy atom. The first-order valence-electron chi connectivity index (χ1n) is 21.9. The summed E-state index contributed by atoms with van der Waals surface area (Å²) >= 11 is 0. The van der Waals surface area contributed by atoms with Crippen molar-refractivity contribution in [1.82, 2.24) is 0 Å². The van der Waals surface area contributed by atoms with Crippen LogP contribution in [0.1, 0.15) is 136 Å². The first-order chi connectivity index (χ1) is 26.6. The van der Waals surface area contributed by atoms with E-state index in [0.717, 1.165) is 17.6 Å². The summed E-state index contributed by atoms with van der Waals surface area (Å²) in [6, 6.07) is 38.9. The van der Waals surface area contributed by atoms with Gasteiger partial charge in [0.2, 0.25) is 0 Å². The van der Waals surface area contributed by atoms with Crippen molar-refractivity contribution in [3.05, 3.63) is 130 Å². The lowest BCUT2D eigenvalue weighted by Crippen LogP contribution is -2.70. The Morgan fingerprint density at radius 2 is 0.789 bits per heavy atom. The summed E-state index contributed by atoms with van der Waals surface area (Å²) in [5.74, 6) is 0. The molecule has 2 heterocycles. The zero-order chi connectivity index (χ0) is 40.5. The Morgan fingerprint density at radius 1 is 0.439 bits per heavy atom. The van der Waals surface area contributed by atoms with Gasteiger partial charge in [-0.3, -0.25) is 0 Å². The molecule has 1 heteroatoms. The fourth-order valence-corrected chi connectivity index (χ4v) is 10.8. The molecular formula is C56H66N+. The molecule has 0 radical (unpaired) electrons. The van der Waals surface area contributed by atoms with Gasteiger partial charge in [-0.1, -0.05) is 174 Å². The van der Waals surface area contributed by atoms with Crippen molar-refractivity contribution < 1.29 is 4.48 Å². The van der Waals surface area contributed by atoms with Crippen molar-refractivity contribution in [1.29, 1.82) is 0 Å². The minimum absolute atomic E-state index is 0.0386. The van der Waals surface area contributed by atoms with Crippen molar-refractivity contribution in [3.8, 4) is 33.4 Å². The van der Waals surface area contributed by atoms with Crippen LogP contribution in [0.15, 0.2) is 97.1 Å². The fraction of sp³-hybridized carbons (Fsp3) is 0.429. The molecule has 2 spiro atoms. The van der Waals surface area contributed by atoms with E-state index >= 15 is 0 Å². The highest BCUT2D eigenvalue weighted by atomic mass is 15.4. The van der Waals surface area contributed by atoms with E-state index in [9.17, 15) is 0 Å². The third-order valence-electron chi connectivity index (χ3n) is 14.3. The number of hydrogen-bond donors (Lipinski definition) is 0. The maximum atomic E-state index is 2.57. The topological polar surface area (TPSA) is 0 Å². The van der Waals surface area contributed by atoms with Gasteiger partial charge in [0, 0.05) is 22.3 Å². The molecule has 0 amide bonds. The van der Waals surface area contributed by atoms with Gasteiger partial charge in [0.15, 0.2) is 0 Å². The Hall–Kier alpha value is -4.20. The van der Waals surface area contributed by atoms with Crippen molar-refractivity contribution in [2.24, 2.45) is 5.41 Å². The van der Waals surface area contributed by atoms with Crippen molar-refractivity contribution >= 4 is 21.5 Å². The molecule has 0 N–H and O–H groups in total. The standard InChI is InChI=1S/C56H66N/c1-52(2,3)40-24-38(25-41(30-40)53(4,5)6)46-28-36-18-13-15-20-44(36)50-48(46)32-57(34-56(35-57)22-17-23-56)33-49-47(29-37-19-14-16-21-45(37)51(49)50)39-26-42(54(7,8)9)31-43(27-39)55(10,11)12/h13-16,18-21,24-31H,17,22-23,32-35H2,1-12H3/q+1. The summed E-state index contributed by atoms with van der Waals surface area (Å²) in [4.78, 5) is 0. The zero-order valence-corrected chi connectivity index (χ0v) is 37.1. The van der Waals surface area contributed by atoms with Crippen LogP contribution in [-0.2, 0) is 34.7 Å². The number of fused-ring (bicyclic) bond motifs is 7. The van der Waals surface area contributed by atoms with Gasteiger partial charge in [-0.25, -0.2) is 0 Å². The molecule has 0 bridgehead atoms. The van der Waals surface area contributed by atoms with Gasteiger partial charge >= 0.3 is 0 Å². The lowest BCUT2D eigenvalue weighted by molar-refractivity contribution is -1.01. The maximum Gasteiger partial charge on any atom is 0.106 e. The van der Waals surface area contributed by atoms with E-state index in [1.165, 1.54) is 110 Å². The second-order valence-corrected chi connectivity index (χ2v) is 22.9. The Labute approximate surface area is 344 Å². The summed E-state index contributed by atoms with van der Waals surface area (Å²) in [5, 5.41) is 5.45. The van der Waals surface area contributed by atoms with Crippen molar-refractivity contribution in [2.75, 3.05) is 13.1 Å². The van der Waals surface area contributed by atoms with Gasteiger partial charge in [0.05, 0.1) is 18.5 Å². The average Bonchev–Trinajstić information content (AvgIpc) is 3.27. The van der Waals surface area contributed by atoms with Crippen LogP contribution in [0, 0.1) is 5.41 Å². The molecule has 57 heavy (non-hydrogen) atoms. The van der Waals surface area contributed by atoms with Crippen molar-refractivity contribution in [2.45, 2.75) is 137 Å². The summed E-state index contributed by atoms with van der Waals surface area (Å²) in [7, 11) is 0. The highest BCUT2D eigenvalue weighted by Gasteiger charge is 2.59. The quantitative estimate of drug-likeness (QED) is 0.155. The van der Waals surface area contributed by atoms with E-state index in [-0.39, 0.29) is 21.7 Å². The van der Waals surface area contributed by atoms with E-state index in [4.69, 9.17) is 0 Å². The summed E-state index contributed by atoms with van der Waals surface area (Å²) in [5.41, 5.74) is 18.0. The number of hydrogen-bond acceptors (Lipinski definition) is 0. The fourth-order valence-electron chi connectivity index (χ4n) is 10.8. The lowest BCUT2D eigenvalue weighted by Gasteiger charge is -2.61. The summed E-state index contributed by atoms with van der Waals surface area (Å²) < 4.78 is 1.15. The largest absolute Gasteiger partial charge is 0.315 e. The van der Waals surface area contributed by atoms with Gasteiger partial charge in [0.1, 0.15) is 13.1 Å². The monoisotopic (exact) mass is 753 g/mol. The highest BCUT2D eigenvalue weighted by molar-refractivity contribution is 6.12. The maximum absolute atomic E-state index is 2.57. The molecule has 0 atom stereocenters. The van der Waals surface area contributed by atoms with Crippen LogP contribution in [-0.4, -0.2) is 17.6 Å². The van der Waals surface area contributed by atoms with Gasteiger partial charge in [-0.15, -0.1) is 0 Å². The molecule has 6 aromatic rings. The van der Waals surface area contributed by atoms with E-state index in [2.05, 4.69) is 180 Å². The second-order valence-electron chi connectivity index (χ2n) is 22.9. The minimum atomic E-state index is 0.0386. The second kappa shape index (κ2) is 12.6. The van der Waals surface area contributed by atoms with E-state index in [1.807, 2.05) is 0 Å². The molecule has 0 unspecified atom stereocenters. The van der Waals surface area contributed by atoms with Gasteiger partial charge in [-0.05, 0) is 113 Å². The molecule has 3 aliphatic rings. The Balaban J connectivity index is 1.43. The van der Waals surface area contributed by atoms with Crippen LogP contribution < -0.4 is 0 Å². The molecule has 1 saturated carbocycles. The van der Waals surface area contributed by atoms with E-state index in [1.54, 1.807) is 11.1 Å². The smallest absolute Gasteiger partial charge is 0.106 e. The average molecular weight is 753 g/mol. The molecular weight excluding hydrogens is 687 g/mol. The van der Waals surface area contributed by atoms with Crippen LogP contribution in [0.25, 0.3) is 54.9 Å². The summed E-state index contributed by atoms with van der Waals surface area (Å²) in [6.45, 7) is 33.2. The van der Waals surface area contributed by atoms with Crippen LogP contribution in [0.4, 0.5) is 0 Å². The van der Waals surface area contributed by atoms with Crippen LogP contribution in [0.3, 0.4) is 0 Å². The van der Waals surface area contributed by atoms with E-state index < -0.39 is 0 Å². The third kappa shape index (κ3) is 6.57. The number of quaternary nitrogens is 1. The molecule has 6 aromatic carbocycles. The molecule has 2 fully saturated rings. The number of benzene rings is 6. The molecule has 1 saturated heterocycles. The summed E-state index contributed by atoms with van der Waals surface area (Å²) in [6.07, 6.45) is 4.18. The first-order valence-corrected chi connectivity index (χ1v) is 21.9. The van der Waals surface area contributed by atoms with Gasteiger partial charge in [-0.2, -0.15) is 0 Å². The molecule has 1 aliphatic carbocycles. The Bertz CT molecular complexity index is 2340. The SMILES string of the molecule is CC(C)(C)c1cc(-c2cc3ccccc3c3c2C[N+]2(Cc4c(-c5cc(C(C)(C)C)cc(C(C)(C)C)c5)cc5ccccc5c4-3)CC3(CCC3)C2)cc(C(C)(C)C)c1. The van der Waals surface area contributed by atoms with Gasteiger partial charge < -0.3 is 4.48 Å². The predicted molar refractivity (Wildman–Crippen MR) is 246 cm³/mol. The minimum Gasteiger partial charge on any atom is -0.315 e. The number of rotatable bonds is 2. The molecule has 0 aromatic heterocycles. The predicted octanol–water partition coefficient (Wildman–Crippen LogP) is 15.2. The number of nitrogens with zero attached hydrogens (tertiary/aromatic N) is 1. The van der Waals surface area contributed by atoms with Gasteiger partial charge in [0.25, 0.3) is 0 Å². The van der Waals surface area contributed by atoms with Crippen LogP contribution in [0.2, 0.25) is 0 Å².